The second kappa shape index (κ2) is 5.54. The van der Waals surface area contributed by atoms with E-state index in [1.807, 2.05) is 0 Å². The van der Waals surface area contributed by atoms with Crippen LogP contribution < -0.4 is 4.90 Å². The molecule has 1 N–H and O–H groups in total. The molecule has 1 aromatic carbocycles. The Morgan fingerprint density at radius 1 is 1.44 bits per heavy atom. The molecule has 0 bridgehead atoms. The highest BCUT2D eigenvalue weighted by Gasteiger charge is 2.20. The summed E-state index contributed by atoms with van der Waals surface area (Å²) in [5.74, 6) is 0.370. The Balaban J connectivity index is 2.11. The number of piperidine rings is 1. The van der Waals surface area contributed by atoms with Gasteiger partial charge >= 0.3 is 0 Å². The van der Waals surface area contributed by atoms with Crippen LogP contribution in [0.1, 0.15) is 12.8 Å². The van der Waals surface area contributed by atoms with E-state index in [0.717, 1.165) is 31.6 Å². The molecule has 0 saturated carbocycles. The minimum Gasteiger partial charge on any atom is -0.396 e. The number of nitro groups is 1. The first-order valence-corrected chi connectivity index (χ1v) is 6.29. The van der Waals surface area contributed by atoms with Crippen molar-refractivity contribution in [2.45, 2.75) is 12.8 Å². The number of anilines is 1. The van der Waals surface area contributed by atoms with Gasteiger partial charge in [0, 0.05) is 31.5 Å². The van der Waals surface area contributed by atoms with Crippen molar-refractivity contribution < 1.29 is 10.0 Å². The molecule has 1 fully saturated rings. The highest BCUT2D eigenvalue weighted by molar-refractivity contribution is 6.32. The molecule has 1 heterocycles. The fourth-order valence-electron chi connectivity index (χ4n) is 2.21. The Bertz CT molecular complexity index is 445. The number of halogens is 1. The van der Waals surface area contributed by atoms with Gasteiger partial charge < -0.3 is 10.0 Å². The van der Waals surface area contributed by atoms with Crippen molar-refractivity contribution in [1.29, 1.82) is 0 Å². The van der Waals surface area contributed by atoms with Gasteiger partial charge in [0.15, 0.2) is 0 Å². The standard InChI is InChI=1S/C12H15ClN2O3/c13-11-7-10(1-2-12(11)15(17)18)14-5-3-9(8-16)4-6-14/h1-2,7,9,16H,3-6,8H2. The minimum atomic E-state index is -0.482. The Kier molecular flexibility index (Phi) is 4.04. The first-order chi connectivity index (χ1) is 8.61. The maximum atomic E-state index is 10.7. The van der Waals surface area contributed by atoms with Crippen LogP contribution in [0.5, 0.6) is 0 Å². The van der Waals surface area contributed by atoms with Crippen LogP contribution in [0, 0.1) is 16.0 Å². The van der Waals surface area contributed by atoms with Crippen LogP contribution in [0.3, 0.4) is 0 Å². The molecule has 0 aromatic heterocycles. The molecule has 0 spiro atoms. The van der Waals surface area contributed by atoms with Gasteiger partial charge in [0.25, 0.3) is 5.69 Å². The summed E-state index contributed by atoms with van der Waals surface area (Å²) in [6.45, 7) is 1.92. The van der Waals surface area contributed by atoms with Crippen molar-refractivity contribution in [1.82, 2.24) is 0 Å². The van der Waals surface area contributed by atoms with E-state index in [-0.39, 0.29) is 17.3 Å². The number of hydrogen-bond acceptors (Lipinski definition) is 4. The summed E-state index contributed by atoms with van der Waals surface area (Å²) in [6, 6.07) is 4.80. The van der Waals surface area contributed by atoms with E-state index < -0.39 is 4.92 Å². The van der Waals surface area contributed by atoms with Crippen molar-refractivity contribution in [3.8, 4) is 0 Å². The third kappa shape index (κ3) is 2.73. The highest BCUT2D eigenvalue weighted by Crippen LogP contribution is 2.31. The Hall–Kier alpha value is -1.33. The predicted molar refractivity (Wildman–Crippen MR) is 70.1 cm³/mol. The molecule has 2 rings (SSSR count). The number of nitro benzene ring substituents is 1. The molecule has 0 atom stereocenters. The zero-order chi connectivity index (χ0) is 13.1. The maximum absolute atomic E-state index is 10.7. The van der Waals surface area contributed by atoms with E-state index >= 15 is 0 Å². The largest absolute Gasteiger partial charge is 0.396 e. The fraction of sp³-hybridized carbons (Fsp3) is 0.500. The number of benzene rings is 1. The van der Waals surface area contributed by atoms with Gasteiger partial charge in [-0.1, -0.05) is 11.6 Å². The molecule has 0 unspecified atom stereocenters. The topological polar surface area (TPSA) is 66.6 Å². The second-order valence-electron chi connectivity index (χ2n) is 4.51. The van der Waals surface area contributed by atoms with Gasteiger partial charge in [0.2, 0.25) is 0 Å². The summed E-state index contributed by atoms with van der Waals surface area (Å²) in [5.41, 5.74) is 0.840. The number of rotatable bonds is 3. The van der Waals surface area contributed by atoms with Crippen LogP contribution in [0.25, 0.3) is 0 Å². The first-order valence-electron chi connectivity index (χ1n) is 5.91. The lowest BCUT2D eigenvalue weighted by molar-refractivity contribution is -0.384. The molecule has 1 aliphatic rings. The van der Waals surface area contributed by atoms with Crippen LogP contribution in [0.2, 0.25) is 5.02 Å². The molecule has 1 saturated heterocycles. The molecular weight excluding hydrogens is 256 g/mol. The van der Waals surface area contributed by atoms with E-state index in [1.165, 1.54) is 6.07 Å². The molecule has 5 nitrogen and oxygen atoms in total. The van der Waals surface area contributed by atoms with E-state index in [0.29, 0.717) is 5.92 Å². The monoisotopic (exact) mass is 270 g/mol. The van der Waals surface area contributed by atoms with Crippen molar-refractivity contribution in [3.63, 3.8) is 0 Å². The molecule has 1 aliphatic heterocycles. The normalized spacial score (nSPS) is 16.9. The molecule has 18 heavy (non-hydrogen) atoms. The summed E-state index contributed by atoms with van der Waals surface area (Å²) >= 11 is 5.89. The lowest BCUT2D eigenvalue weighted by Gasteiger charge is -2.32. The third-order valence-electron chi connectivity index (χ3n) is 3.37. The maximum Gasteiger partial charge on any atom is 0.288 e. The number of aliphatic hydroxyl groups excluding tert-OH is 1. The van der Waals surface area contributed by atoms with Crippen molar-refractivity contribution in [3.05, 3.63) is 33.3 Å². The quantitative estimate of drug-likeness (QED) is 0.677. The molecule has 0 radical (unpaired) electrons. The molecule has 0 amide bonds. The van der Waals surface area contributed by atoms with Crippen molar-refractivity contribution in [2.75, 3.05) is 24.6 Å². The zero-order valence-electron chi connectivity index (χ0n) is 9.88. The third-order valence-corrected chi connectivity index (χ3v) is 3.67. The molecular formula is C12H15ClN2O3. The molecule has 1 aromatic rings. The Morgan fingerprint density at radius 3 is 2.61 bits per heavy atom. The van der Waals surface area contributed by atoms with Crippen LogP contribution in [-0.4, -0.2) is 29.7 Å². The summed E-state index contributed by atoms with van der Waals surface area (Å²) in [7, 11) is 0. The van der Waals surface area contributed by atoms with Gasteiger partial charge in [-0.2, -0.15) is 0 Å². The van der Waals surface area contributed by atoms with E-state index in [1.54, 1.807) is 12.1 Å². The first kappa shape index (κ1) is 13.1. The Morgan fingerprint density at radius 2 is 2.11 bits per heavy atom. The summed E-state index contributed by atoms with van der Waals surface area (Å²) in [4.78, 5) is 12.3. The summed E-state index contributed by atoms with van der Waals surface area (Å²) < 4.78 is 0. The SMILES string of the molecule is O=[N+]([O-])c1ccc(N2CCC(CO)CC2)cc1Cl. The van der Waals surface area contributed by atoms with Crippen molar-refractivity contribution >= 4 is 23.0 Å². The number of hydrogen-bond donors (Lipinski definition) is 1. The minimum absolute atomic E-state index is 0.0642. The smallest absolute Gasteiger partial charge is 0.288 e. The number of nitrogens with zero attached hydrogens (tertiary/aromatic N) is 2. The molecule has 6 heteroatoms. The Labute approximate surface area is 110 Å². The van der Waals surface area contributed by atoms with Crippen LogP contribution >= 0.6 is 11.6 Å². The summed E-state index contributed by atoms with van der Waals surface area (Å²) in [5, 5.41) is 19.9. The van der Waals surface area contributed by atoms with E-state index in [9.17, 15) is 10.1 Å². The van der Waals surface area contributed by atoms with Gasteiger partial charge in [-0.15, -0.1) is 0 Å². The van der Waals surface area contributed by atoms with Gasteiger partial charge in [0.1, 0.15) is 5.02 Å². The van der Waals surface area contributed by atoms with Crippen LogP contribution in [0.15, 0.2) is 18.2 Å². The second-order valence-corrected chi connectivity index (χ2v) is 4.91. The van der Waals surface area contributed by atoms with Crippen LogP contribution in [-0.2, 0) is 0 Å². The van der Waals surface area contributed by atoms with Gasteiger partial charge in [-0.05, 0) is 30.9 Å². The van der Waals surface area contributed by atoms with Crippen molar-refractivity contribution in [2.24, 2.45) is 5.92 Å². The highest BCUT2D eigenvalue weighted by atomic mass is 35.5. The van der Waals surface area contributed by atoms with Crippen LogP contribution in [0.4, 0.5) is 11.4 Å². The lowest BCUT2D eigenvalue weighted by Crippen LogP contribution is -2.34. The average molecular weight is 271 g/mol. The van der Waals surface area contributed by atoms with E-state index in [4.69, 9.17) is 16.7 Å². The average Bonchev–Trinajstić information content (AvgIpc) is 2.38. The number of aliphatic hydroxyl groups is 1. The summed E-state index contributed by atoms with van der Waals surface area (Å²) in [6.07, 6.45) is 1.87. The van der Waals surface area contributed by atoms with Gasteiger partial charge in [0.05, 0.1) is 4.92 Å². The van der Waals surface area contributed by atoms with Gasteiger partial charge in [-0.3, -0.25) is 10.1 Å². The zero-order valence-corrected chi connectivity index (χ0v) is 10.6. The predicted octanol–water partition coefficient (Wildman–Crippen LogP) is 2.46. The molecule has 98 valence electrons. The molecule has 0 aliphatic carbocycles. The van der Waals surface area contributed by atoms with E-state index in [2.05, 4.69) is 4.90 Å². The lowest BCUT2D eigenvalue weighted by atomic mass is 9.97. The fourth-order valence-corrected chi connectivity index (χ4v) is 2.46. The van der Waals surface area contributed by atoms with Gasteiger partial charge in [-0.25, -0.2) is 0 Å².